The third-order valence-corrected chi connectivity index (χ3v) is 5.70. The van der Waals surface area contributed by atoms with Gasteiger partial charge in [0.05, 0.1) is 0 Å². The molecule has 0 radical (unpaired) electrons. The van der Waals surface area contributed by atoms with Crippen molar-refractivity contribution in [2.75, 3.05) is 11.9 Å². The Balaban J connectivity index is 1.38. The highest BCUT2D eigenvalue weighted by atomic mass is 32.1. The second-order valence-corrected chi connectivity index (χ2v) is 7.48. The van der Waals surface area contributed by atoms with Crippen molar-refractivity contribution < 1.29 is 19.1 Å². The summed E-state index contributed by atoms with van der Waals surface area (Å²) in [6, 6.07) is 17.1. The number of rotatable bonds is 5. The van der Waals surface area contributed by atoms with Gasteiger partial charge in [0, 0.05) is 21.7 Å². The summed E-state index contributed by atoms with van der Waals surface area (Å²) < 4.78 is 10.9. The van der Waals surface area contributed by atoms with Crippen LogP contribution in [0.15, 0.2) is 54.6 Å². The minimum absolute atomic E-state index is 0.329. The molecule has 4 rings (SSSR count). The monoisotopic (exact) mass is 393 g/mol. The number of hydrogen-bond donors (Lipinski definition) is 1. The highest BCUT2D eigenvalue weighted by Gasteiger charge is 2.23. The summed E-state index contributed by atoms with van der Waals surface area (Å²) in [4.78, 5) is 25.9. The van der Waals surface area contributed by atoms with Crippen molar-refractivity contribution in [3.63, 3.8) is 0 Å². The van der Waals surface area contributed by atoms with Gasteiger partial charge in [0.2, 0.25) is 0 Å². The molecule has 0 aliphatic carbocycles. The first-order chi connectivity index (χ1) is 13.6. The number of fused-ring (bicyclic) bond motifs is 3. The first-order valence-electron chi connectivity index (χ1n) is 9.05. The molecular weight excluding hydrogens is 374 g/mol. The zero-order valence-corrected chi connectivity index (χ0v) is 16.2. The number of anilines is 1. The van der Waals surface area contributed by atoms with Crippen LogP contribution in [0.4, 0.5) is 5.69 Å². The van der Waals surface area contributed by atoms with Gasteiger partial charge in [-0.15, -0.1) is 11.3 Å². The number of nitrogens with one attached hydrogen (secondary N) is 1. The van der Waals surface area contributed by atoms with Gasteiger partial charge in [0.15, 0.2) is 6.61 Å². The Morgan fingerprint density at radius 2 is 1.93 bits per heavy atom. The van der Waals surface area contributed by atoms with E-state index in [1.165, 1.54) is 16.9 Å². The lowest BCUT2D eigenvalue weighted by molar-refractivity contribution is -0.119. The molecule has 1 aromatic heterocycles. The Morgan fingerprint density at radius 1 is 1.14 bits per heavy atom. The summed E-state index contributed by atoms with van der Waals surface area (Å²) in [6.45, 7) is 2.16. The van der Waals surface area contributed by atoms with E-state index in [0.717, 1.165) is 28.2 Å². The number of ether oxygens (including phenoxy) is 2. The first kappa shape index (κ1) is 18.3. The fourth-order valence-corrected chi connectivity index (χ4v) is 4.11. The summed E-state index contributed by atoms with van der Waals surface area (Å²) in [5.41, 5.74) is 3.80. The molecule has 0 spiro atoms. The summed E-state index contributed by atoms with van der Waals surface area (Å²) in [5, 5.41) is 2.73. The van der Waals surface area contributed by atoms with E-state index in [9.17, 15) is 9.59 Å². The van der Waals surface area contributed by atoms with E-state index in [-0.39, 0.29) is 12.5 Å². The van der Waals surface area contributed by atoms with E-state index in [1.807, 2.05) is 48.5 Å². The van der Waals surface area contributed by atoms with Crippen LogP contribution < -0.4 is 10.1 Å². The van der Waals surface area contributed by atoms with Crippen LogP contribution in [0.3, 0.4) is 0 Å². The van der Waals surface area contributed by atoms with E-state index in [1.54, 1.807) is 6.07 Å². The lowest BCUT2D eigenvalue weighted by Crippen LogP contribution is -2.20. The largest absolute Gasteiger partial charge is 0.488 e. The van der Waals surface area contributed by atoms with Crippen molar-refractivity contribution >= 4 is 28.9 Å². The normalized spacial score (nSPS) is 11.8. The smallest absolute Gasteiger partial charge is 0.348 e. The van der Waals surface area contributed by atoms with E-state index >= 15 is 0 Å². The van der Waals surface area contributed by atoms with Crippen LogP contribution in [-0.4, -0.2) is 18.5 Å². The second kappa shape index (κ2) is 7.86. The number of thiophene rings is 1. The van der Waals surface area contributed by atoms with Crippen LogP contribution in [0.5, 0.6) is 5.75 Å². The van der Waals surface area contributed by atoms with Crippen LogP contribution in [0.2, 0.25) is 0 Å². The number of esters is 1. The number of amides is 1. The minimum Gasteiger partial charge on any atom is -0.488 e. The third-order valence-electron chi connectivity index (χ3n) is 4.51. The Labute approximate surface area is 166 Å². The zero-order valence-electron chi connectivity index (χ0n) is 15.4. The highest BCUT2D eigenvalue weighted by molar-refractivity contribution is 7.17. The van der Waals surface area contributed by atoms with Gasteiger partial charge in [-0.3, -0.25) is 4.79 Å². The Morgan fingerprint density at radius 3 is 2.71 bits per heavy atom. The van der Waals surface area contributed by atoms with Gasteiger partial charge in [-0.05, 0) is 42.3 Å². The Bertz CT molecular complexity index is 1020. The number of benzene rings is 2. The molecule has 1 aliphatic heterocycles. The van der Waals surface area contributed by atoms with E-state index < -0.39 is 5.97 Å². The van der Waals surface area contributed by atoms with Gasteiger partial charge in [-0.2, -0.15) is 0 Å². The maximum absolute atomic E-state index is 12.4. The van der Waals surface area contributed by atoms with Crippen molar-refractivity contribution in [2.45, 2.75) is 20.0 Å². The Kier molecular flexibility index (Phi) is 5.12. The standard InChI is InChI=1S/C22H19NO4S/c1-2-14-7-9-16(10-8-14)23-20(24)13-27-22(25)19-11-15-12-26-18-6-4-3-5-17(18)21(15)28-19/h3-11H,2,12-13H2,1H3,(H,23,24). The molecule has 1 amide bonds. The number of carbonyl (C=O) groups is 2. The third kappa shape index (κ3) is 3.77. The summed E-state index contributed by atoms with van der Waals surface area (Å²) >= 11 is 1.36. The fraction of sp³-hybridized carbons (Fsp3) is 0.182. The average molecular weight is 393 g/mol. The molecule has 0 saturated carbocycles. The van der Waals surface area contributed by atoms with Crippen LogP contribution in [0.1, 0.15) is 27.7 Å². The molecule has 2 heterocycles. The van der Waals surface area contributed by atoms with E-state index in [0.29, 0.717) is 17.2 Å². The number of hydrogen-bond acceptors (Lipinski definition) is 5. The number of carbonyl (C=O) groups excluding carboxylic acids is 2. The zero-order chi connectivity index (χ0) is 19.5. The van der Waals surface area contributed by atoms with E-state index in [2.05, 4.69) is 12.2 Å². The fourth-order valence-electron chi connectivity index (χ4n) is 3.02. The second-order valence-electron chi connectivity index (χ2n) is 6.42. The van der Waals surface area contributed by atoms with Crippen molar-refractivity contribution in [3.05, 3.63) is 70.6 Å². The minimum atomic E-state index is -0.506. The Hall–Kier alpha value is -3.12. The van der Waals surface area contributed by atoms with Gasteiger partial charge in [-0.25, -0.2) is 4.79 Å². The molecule has 1 N–H and O–H groups in total. The van der Waals surface area contributed by atoms with Gasteiger partial charge in [0.25, 0.3) is 5.91 Å². The average Bonchev–Trinajstić information content (AvgIpc) is 3.17. The van der Waals surface area contributed by atoms with Crippen molar-refractivity contribution in [3.8, 4) is 16.2 Å². The molecule has 6 heteroatoms. The van der Waals surface area contributed by atoms with Crippen LogP contribution in [-0.2, 0) is 22.6 Å². The quantitative estimate of drug-likeness (QED) is 0.640. The molecule has 3 aromatic rings. The van der Waals surface area contributed by atoms with E-state index in [4.69, 9.17) is 9.47 Å². The maximum Gasteiger partial charge on any atom is 0.348 e. The highest BCUT2D eigenvalue weighted by Crippen LogP contribution is 2.42. The number of para-hydroxylation sites is 1. The predicted octanol–water partition coefficient (Wildman–Crippen LogP) is 4.67. The topological polar surface area (TPSA) is 64.6 Å². The number of aryl methyl sites for hydroxylation is 1. The molecular formula is C22H19NO4S. The van der Waals surface area contributed by atoms with Gasteiger partial charge < -0.3 is 14.8 Å². The molecule has 5 nitrogen and oxygen atoms in total. The van der Waals surface area contributed by atoms with Gasteiger partial charge >= 0.3 is 5.97 Å². The molecule has 2 aromatic carbocycles. The van der Waals surface area contributed by atoms with Crippen molar-refractivity contribution in [1.82, 2.24) is 0 Å². The maximum atomic E-state index is 12.4. The molecule has 1 aliphatic rings. The van der Waals surface area contributed by atoms with Gasteiger partial charge in [0.1, 0.15) is 17.2 Å². The van der Waals surface area contributed by atoms with Crippen LogP contribution >= 0.6 is 11.3 Å². The summed E-state index contributed by atoms with van der Waals surface area (Å²) in [7, 11) is 0. The summed E-state index contributed by atoms with van der Waals surface area (Å²) in [5.74, 6) is -0.0637. The molecule has 0 bridgehead atoms. The molecule has 0 saturated heterocycles. The first-order valence-corrected chi connectivity index (χ1v) is 9.86. The molecule has 142 valence electrons. The molecule has 0 unspecified atom stereocenters. The summed E-state index contributed by atoms with van der Waals surface area (Å²) in [6.07, 6.45) is 0.937. The molecule has 0 atom stereocenters. The van der Waals surface area contributed by atoms with Crippen molar-refractivity contribution in [1.29, 1.82) is 0 Å². The lowest BCUT2D eigenvalue weighted by Gasteiger charge is -2.16. The SMILES string of the molecule is CCc1ccc(NC(=O)COC(=O)c2cc3c(s2)-c2ccccc2OC3)cc1. The lowest BCUT2D eigenvalue weighted by atomic mass is 10.1. The van der Waals surface area contributed by atoms with Gasteiger partial charge in [-0.1, -0.05) is 31.2 Å². The predicted molar refractivity (Wildman–Crippen MR) is 109 cm³/mol. The molecule has 0 fully saturated rings. The molecule has 28 heavy (non-hydrogen) atoms. The van der Waals surface area contributed by atoms with Crippen LogP contribution in [0.25, 0.3) is 10.4 Å². The van der Waals surface area contributed by atoms with Crippen LogP contribution in [0, 0.1) is 0 Å². The van der Waals surface area contributed by atoms with Crippen molar-refractivity contribution in [2.24, 2.45) is 0 Å².